The van der Waals surface area contributed by atoms with Crippen LogP contribution in [0.25, 0.3) is 0 Å². The molecular formula is C32H32N4O3. The summed E-state index contributed by atoms with van der Waals surface area (Å²) in [5.74, 6) is -1.29. The molecule has 4 aromatic rings. The number of hydrazine groups is 1. The minimum atomic E-state index is -0.824. The minimum Gasteiger partial charge on any atom is -0.340 e. The van der Waals surface area contributed by atoms with E-state index in [1.54, 1.807) is 53.5 Å². The van der Waals surface area contributed by atoms with E-state index in [0.717, 1.165) is 11.4 Å². The number of amides is 3. The Kier molecular flexibility index (Phi) is 9.08. The van der Waals surface area contributed by atoms with Crippen LogP contribution in [0.1, 0.15) is 41.0 Å². The number of nitrogens with zero attached hydrogens (tertiary/aromatic N) is 1. The summed E-state index contributed by atoms with van der Waals surface area (Å²) in [6.07, 6.45) is 0.668. The van der Waals surface area contributed by atoms with Gasteiger partial charge in [-0.05, 0) is 54.4 Å². The molecule has 3 amide bonds. The molecule has 0 heterocycles. The Bertz CT molecular complexity index is 1360. The molecule has 4 rings (SSSR count). The molecule has 39 heavy (non-hydrogen) atoms. The zero-order chi connectivity index (χ0) is 27.6. The third-order valence-corrected chi connectivity index (χ3v) is 6.49. The Morgan fingerprint density at radius 1 is 0.692 bits per heavy atom. The summed E-state index contributed by atoms with van der Waals surface area (Å²) in [7, 11) is 0. The molecule has 0 unspecified atom stereocenters. The number of para-hydroxylation sites is 3. The van der Waals surface area contributed by atoms with Gasteiger partial charge >= 0.3 is 0 Å². The van der Waals surface area contributed by atoms with E-state index < -0.39 is 11.9 Å². The molecule has 0 fully saturated rings. The average molecular weight is 521 g/mol. The van der Waals surface area contributed by atoms with Gasteiger partial charge in [0.1, 0.15) is 6.04 Å². The first-order chi connectivity index (χ1) is 19.0. The second kappa shape index (κ2) is 13.1. The third kappa shape index (κ3) is 6.90. The molecule has 198 valence electrons. The predicted octanol–water partition coefficient (Wildman–Crippen LogP) is 5.95. The van der Waals surface area contributed by atoms with Crippen molar-refractivity contribution in [2.75, 3.05) is 10.3 Å². The van der Waals surface area contributed by atoms with Gasteiger partial charge in [0.25, 0.3) is 17.7 Å². The van der Waals surface area contributed by atoms with Crippen LogP contribution < -0.4 is 21.1 Å². The van der Waals surface area contributed by atoms with Gasteiger partial charge in [-0.1, -0.05) is 87.0 Å². The Balaban J connectivity index is 1.56. The molecule has 2 atom stereocenters. The van der Waals surface area contributed by atoms with Crippen molar-refractivity contribution in [3.63, 3.8) is 0 Å². The van der Waals surface area contributed by atoms with Crippen molar-refractivity contribution in [1.82, 2.24) is 10.7 Å². The van der Waals surface area contributed by atoms with Gasteiger partial charge in [0.05, 0.1) is 22.6 Å². The van der Waals surface area contributed by atoms with Gasteiger partial charge in [-0.25, -0.2) is 0 Å². The van der Waals surface area contributed by atoms with Crippen molar-refractivity contribution < 1.29 is 14.4 Å². The van der Waals surface area contributed by atoms with E-state index in [2.05, 4.69) is 16.1 Å². The van der Waals surface area contributed by atoms with Crippen molar-refractivity contribution in [3.05, 3.63) is 126 Å². The van der Waals surface area contributed by atoms with Crippen LogP contribution in [0, 0.1) is 5.92 Å². The quantitative estimate of drug-likeness (QED) is 0.225. The van der Waals surface area contributed by atoms with E-state index in [9.17, 15) is 14.4 Å². The number of anilines is 3. The largest absolute Gasteiger partial charge is 0.340 e. The molecule has 0 aliphatic rings. The number of carbonyl (C=O) groups excluding carboxylic acids is 3. The number of hydrogen-bond acceptors (Lipinski definition) is 4. The van der Waals surface area contributed by atoms with Gasteiger partial charge in [-0.3, -0.25) is 24.8 Å². The SMILES string of the molecule is CC[C@@H](C)[C@@H](NC(=O)c1ccccc1NC(=O)c1ccccc1)C(=O)NN(c1ccccc1)c1ccccc1. The maximum absolute atomic E-state index is 13.7. The average Bonchev–Trinajstić information content (AvgIpc) is 2.99. The van der Waals surface area contributed by atoms with E-state index in [-0.39, 0.29) is 23.3 Å². The van der Waals surface area contributed by atoms with E-state index >= 15 is 0 Å². The van der Waals surface area contributed by atoms with Crippen LogP contribution in [-0.4, -0.2) is 23.8 Å². The highest BCUT2D eigenvalue weighted by molar-refractivity contribution is 6.09. The molecule has 0 spiro atoms. The lowest BCUT2D eigenvalue weighted by atomic mass is 9.98. The topological polar surface area (TPSA) is 90.5 Å². The third-order valence-electron chi connectivity index (χ3n) is 6.49. The van der Waals surface area contributed by atoms with Crippen LogP contribution in [0.15, 0.2) is 115 Å². The molecule has 0 saturated carbocycles. The Morgan fingerprint density at radius 3 is 1.77 bits per heavy atom. The Morgan fingerprint density at radius 2 is 1.21 bits per heavy atom. The fourth-order valence-corrected chi connectivity index (χ4v) is 4.11. The first-order valence-corrected chi connectivity index (χ1v) is 12.9. The molecular weight excluding hydrogens is 488 g/mol. The van der Waals surface area contributed by atoms with Gasteiger partial charge in [0, 0.05) is 5.56 Å². The summed E-state index contributed by atoms with van der Waals surface area (Å²) < 4.78 is 0. The first kappa shape index (κ1) is 27.1. The van der Waals surface area contributed by atoms with Crippen molar-refractivity contribution in [1.29, 1.82) is 0 Å². The summed E-state index contributed by atoms with van der Waals surface area (Å²) in [6.45, 7) is 3.89. The van der Waals surface area contributed by atoms with E-state index in [1.807, 2.05) is 80.6 Å². The lowest BCUT2D eigenvalue weighted by Gasteiger charge is -2.30. The molecule has 0 radical (unpaired) electrons. The molecule has 0 aliphatic carbocycles. The maximum atomic E-state index is 13.7. The molecule has 0 saturated heterocycles. The zero-order valence-electron chi connectivity index (χ0n) is 22.0. The molecule has 0 bridgehead atoms. The minimum absolute atomic E-state index is 0.159. The highest BCUT2D eigenvalue weighted by Gasteiger charge is 2.29. The van der Waals surface area contributed by atoms with Crippen LogP contribution in [0.4, 0.5) is 17.1 Å². The Labute approximate surface area is 228 Å². The molecule has 7 nitrogen and oxygen atoms in total. The smallest absolute Gasteiger partial charge is 0.261 e. The molecule has 7 heteroatoms. The van der Waals surface area contributed by atoms with Crippen LogP contribution in [-0.2, 0) is 4.79 Å². The van der Waals surface area contributed by atoms with Gasteiger partial charge in [-0.15, -0.1) is 0 Å². The highest BCUT2D eigenvalue weighted by Crippen LogP contribution is 2.23. The van der Waals surface area contributed by atoms with Crippen LogP contribution in [0.2, 0.25) is 0 Å². The number of carbonyl (C=O) groups is 3. The summed E-state index contributed by atoms with van der Waals surface area (Å²) in [6, 6.07) is 33.7. The molecule has 0 aromatic heterocycles. The summed E-state index contributed by atoms with van der Waals surface area (Å²) in [5, 5.41) is 7.44. The lowest BCUT2D eigenvalue weighted by Crippen LogP contribution is -2.54. The van der Waals surface area contributed by atoms with Crippen molar-refractivity contribution in [3.8, 4) is 0 Å². The number of rotatable bonds is 10. The fourth-order valence-electron chi connectivity index (χ4n) is 4.11. The van der Waals surface area contributed by atoms with Crippen molar-refractivity contribution >= 4 is 34.8 Å². The monoisotopic (exact) mass is 520 g/mol. The van der Waals surface area contributed by atoms with E-state index in [1.165, 1.54) is 0 Å². The van der Waals surface area contributed by atoms with E-state index in [4.69, 9.17) is 0 Å². The summed E-state index contributed by atoms with van der Waals surface area (Å²) in [5.41, 5.74) is 5.67. The Hall–Kier alpha value is -4.91. The van der Waals surface area contributed by atoms with Gasteiger partial charge in [0.2, 0.25) is 0 Å². The number of hydrogen-bond donors (Lipinski definition) is 3. The zero-order valence-corrected chi connectivity index (χ0v) is 22.0. The summed E-state index contributed by atoms with van der Waals surface area (Å²) >= 11 is 0. The standard InChI is InChI=1S/C32H32N4O3/c1-3-23(2)29(32(39)35-36(25-17-9-5-10-18-25)26-19-11-6-12-20-26)34-31(38)27-21-13-14-22-28(27)33-30(37)24-15-7-4-8-16-24/h4-23,29H,3H2,1-2H3,(H,33,37)(H,34,38)(H,35,39)/t23-,29-/m1/s1. The van der Waals surface area contributed by atoms with Crippen molar-refractivity contribution in [2.24, 2.45) is 5.92 Å². The fraction of sp³-hybridized carbons (Fsp3) is 0.156. The van der Waals surface area contributed by atoms with Gasteiger partial charge < -0.3 is 10.6 Å². The molecule has 4 aromatic carbocycles. The summed E-state index contributed by atoms with van der Waals surface area (Å²) in [4.78, 5) is 39.9. The maximum Gasteiger partial charge on any atom is 0.261 e. The van der Waals surface area contributed by atoms with Crippen LogP contribution in [0.5, 0.6) is 0 Å². The number of benzene rings is 4. The number of nitrogens with one attached hydrogen (secondary N) is 3. The van der Waals surface area contributed by atoms with Gasteiger partial charge in [0.15, 0.2) is 0 Å². The normalized spacial score (nSPS) is 12.1. The lowest BCUT2D eigenvalue weighted by molar-refractivity contribution is -0.124. The second-order valence-electron chi connectivity index (χ2n) is 9.18. The predicted molar refractivity (Wildman–Crippen MR) is 155 cm³/mol. The highest BCUT2D eigenvalue weighted by atomic mass is 16.2. The van der Waals surface area contributed by atoms with Gasteiger partial charge in [-0.2, -0.15) is 0 Å². The second-order valence-corrected chi connectivity index (χ2v) is 9.18. The van der Waals surface area contributed by atoms with Crippen LogP contribution >= 0.6 is 0 Å². The first-order valence-electron chi connectivity index (χ1n) is 12.9. The molecule has 3 N–H and O–H groups in total. The molecule has 0 aliphatic heterocycles. The van der Waals surface area contributed by atoms with Crippen molar-refractivity contribution in [2.45, 2.75) is 26.3 Å². The van der Waals surface area contributed by atoms with Crippen LogP contribution in [0.3, 0.4) is 0 Å². The van der Waals surface area contributed by atoms with E-state index in [0.29, 0.717) is 17.7 Å².